The van der Waals surface area contributed by atoms with E-state index in [4.69, 9.17) is 11.6 Å². The lowest BCUT2D eigenvalue weighted by Crippen LogP contribution is -2.04. The average molecular weight is 333 g/mol. The molecule has 0 saturated carbocycles. The molecule has 0 fully saturated rings. The van der Waals surface area contributed by atoms with Crippen LogP contribution in [0.2, 0.25) is 0 Å². The molecule has 2 rings (SSSR count). The molecule has 0 N–H and O–H groups in total. The van der Waals surface area contributed by atoms with Gasteiger partial charge in [-0.25, -0.2) is 4.39 Å². The number of alkyl halides is 1. The molecule has 0 aliphatic heterocycles. The van der Waals surface area contributed by atoms with Crippen molar-refractivity contribution in [1.29, 1.82) is 0 Å². The summed E-state index contributed by atoms with van der Waals surface area (Å²) in [6.45, 7) is 2.76. The Hall–Kier alpha value is -0.940. The summed E-state index contributed by atoms with van der Waals surface area (Å²) in [7, 11) is 0. The number of nitrogens with zero attached hydrogens (tertiary/aromatic N) is 3. The summed E-state index contributed by atoms with van der Waals surface area (Å²) in [6, 6.07) is 4.89. The van der Waals surface area contributed by atoms with Crippen molar-refractivity contribution in [2.45, 2.75) is 25.8 Å². The van der Waals surface area contributed by atoms with Gasteiger partial charge >= 0.3 is 0 Å². The van der Waals surface area contributed by atoms with Crippen LogP contribution in [0.1, 0.15) is 19.2 Å². The van der Waals surface area contributed by atoms with E-state index in [2.05, 4.69) is 26.1 Å². The third kappa shape index (κ3) is 2.57. The lowest BCUT2D eigenvalue weighted by molar-refractivity contribution is 0.620. The van der Waals surface area contributed by atoms with E-state index in [0.29, 0.717) is 21.7 Å². The Labute approximate surface area is 118 Å². The minimum absolute atomic E-state index is 0.269. The summed E-state index contributed by atoms with van der Waals surface area (Å²) >= 11 is 9.04. The second-order valence-electron chi connectivity index (χ2n) is 3.85. The first-order valence-electron chi connectivity index (χ1n) is 5.60. The molecule has 1 aromatic heterocycles. The Balaban J connectivity index is 2.52. The Bertz CT molecular complexity index is 556. The zero-order valence-corrected chi connectivity index (χ0v) is 12.2. The second kappa shape index (κ2) is 5.80. The maximum Gasteiger partial charge on any atom is 0.166 e. The highest BCUT2D eigenvalue weighted by Gasteiger charge is 2.15. The van der Waals surface area contributed by atoms with Crippen LogP contribution in [0.25, 0.3) is 11.4 Å². The zero-order chi connectivity index (χ0) is 13.1. The van der Waals surface area contributed by atoms with Gasteiger partial charge in [0.15, 0.2) is 5.82 Å². The van der Waals surface area contributed by atoms with Crippen LogP contribution in [0, 0.1) is 5.82 Å². The number of rotatable bonds is 4. The standard InChI is InChI=1S/C12H12BrClFN3/c1-2-5-18-11(7-14)16-17-12(18)9-4-3-8(13)6-10(9)15/h3-4,6H,2,5,7H2,1H3. The summed E-state index contributed by atoms with van der Waals surface area (Å²) in [5.74, 6) is 1.13. The topological polar surface area (TPSA) is 30.7 Å². The predicted octanol–water partition coefficient (Wildman–Crippen LogP) is 4.00. The van der Waals surface area contributed by atoms with Crippen LogP contribution < -0.4 is 0 Å². The van der Waals surface area contributed by atoms with Crippen molar-refractivity contribution >= 4 is 27.5 Å². The maximum atomic E-state index is 13.9. The van der Waals surface area contributed by atoms with E-state index >= 15 is 0 Å². The van der Waals surface area contributed by atoms with Crippen LogP contribution in [-0.2, 0) is 12.4 Å². The average Bonchev–Trinajstić information content (AvgIpc) is 2.73. The molecule has 0 bridgehead atoms. The molecular formula is C12H12BrClFN3. The second-order valence-corrected chi connectivity index (χ2v) is 5.03. The molecule has 0 unspecified atom stereocenters. The molecule has 0 saturated heterocycles. The Morgan fingerprint density at radius 3 is 2.78 bits per heavy atom. The molecule has 96 valence electrons. The lowest BCUT2D eigenvalue weighted by atomic mass is 10.2. The molecule has 0 spiro atoms. The van der Waals surface area contributed by atoms with Gasteiger partial charge in [0.05, 0.1) is 11.4 Å². The fourth-order valence-electron chi connectivity index (χ4n) is 1.76. The molecule has 2 aromatic rings. The summed E-state index contributed by atoms with van der Waals surface area (Å²) in [4.78, 5) is 0. The molecular weight excluding hydrogens is 321 g/mol. The van der Waals surface area contributed by atoms with E-state index < -0.39 is 0 Å². The Morgan fingerprint density at radius 2 is 2.17 bits per heavy atom. The molecule has 0 amide bonds. The van der Waals surface area contributed by atoms with E-state index in [-0.39, 0.29) is 11.7 Å². The van der Waals surface area contributed by atoms with Gasteiger partial charge in [-0.05, 0) is 24.6 Å². The van der Waals surface area contributed by atoms with Gasteiger partial charge in [-0.3, -0.25) is 0 Å². The highest BCUT2D eigenvalue weighted by Crippen LogP contribution is 2.25. The SMILES string of the molecule is CCCn1c(CCl)nnc1-c1ccc(Br)cc1F. The molecule has 0 atom stereocenters. The van der Waals surface area contributed by atoms with Crippen molar-refractivity contribution in [3.8, 4) is 11.4 Å². The van der Waals surface area contributed by atoms with E-state index in [9.17, 15) is 4.39 Å². The monoisotopic (exact) mass is 331 g/mol. The van der Waals surface area contributed by atoms with Gasteiger partial charge in [0.1, 0.15) is 11.6 Å². The van der Waals surface area contributed by atoms with Crippen LogP contribution in [0.15, 0.2) is 22.7 Å². The molecule has 1 heterocycles. The summed E-state index contributed by atoms with van der Waals surface area (Å²) in [6.07, 6.45) is 0.910. The van der Waals surface area contributed by atoms with Crippen LogP contribution >= 0.6 is 27.5 Å². The van der Waals surface area contributed by atoms with Gasteiger partial charge in [0, 0.05) is 11.0 Å². The third-order valence-corrected chi connectivity index (χ3v) is 3.30. The molecule has 0 aliphatic carbocycles. The van der Waals surface area contributed by atoms with Crippen LogP contribution in [0.5, 0.6) is 0 Å². The third-order valence-electron chi connectivity index (χ3n) is 2.57. The zero-order valence-electron chi connectivity index (χ0n) is 9.83. The predicted molar refractivity (Wildman–Crippen MR) is 73.0 cm³/mol. The highest BCUT2D eigenvalue weighted by atomic mass is 79.9. The van der Waals surface area contributed by atoms with Crippen molar-refractivity contribution < 1.29 is 4.39 Å². The van der Waals surface area contributed by atoms with Crippen molar-refractivity contribution in [1.82, 2.24) is 14.8 Å². The van der Waals surface area contributed by atoms with Crippen LogP contribution in [-0.4, -0.2) is 14.8 Å². The number of hydrogen-bond donors (Lipinski definition) is 0. The Kier molecular flexibility index (Phi) is 4.35. The number of benzene rings is 1. The molecule has 18 heavy (non-hydrogen) atoms. The van der Waals surface area contributed by atoms with E-state index in [1.807, 2.05) is 11.5 Å². The smallest absolute Gasteiger partial charge is 0.166 e. The van der Waals surface area contributed by atoms with Crippen molar-refractivity contribution in [3.63, 3.8) is 0 Å². The lowest BCUT2D eigenvalue weighted by Gasteiger charge is -2.08. The molecule has 0 aliphatic rings. The van der Waals surface area contributed by atoms with Crippen LogP contribution in [0.4, 0.5) is 4.39 Å². The first-order chi connectivity index (χ1) is 8.67. The maximum absolute atomic E-state index is 13.9. The fourth-order valence-corrected chi connectivity index (χ4v) is 2.29. The van der Waals surface area contributed by atoms with Gasteiger partial charge in [0.25, 0.3) is 0 Å². The van der Waals surface area contributed by atoms with Gasteiger partial charge in [0.2, 0.25) is 0 Å². The molecule has 3 nitrogen and oxygen atoms in total. The van der Waals surface area contributed by atoms with Crippen molar-refractivity contribution in [3.05, 3.63) is 34.3 Å². The number of hydrogen-bond acceptors (Lipinski definition) is 2. The van der Waals surface area contributed by atoms with Crippen molar-refractivity contribution in [2.24, 2.45) is 0 Å². The summed E-state index contributed by atoms with van der Waals surface area (Å²) in [5, 5.41) is 8.04. The first kappa shape index (κ1) is 13.5. The minimum Gasteiger partial charge on any atom is -0.310 e. The minimum atomic E-state index is -0.324. The number of halogens is 3. The summed E-state index contributed by atoms with van der Waals surface area (Å²) in [5.41, 5.74) is 0.440. The normalized spacial score (nSPS) is 10.9. The van der Waals surface area contributed by atoms with Gasteiger partial charge < -0.3 is 4.57 Å². The molecule has 0 radical (unpaired) electrons. The van der Waals surface area contributed by atoms with Gasteiger partial charge in [-0.15, -0.1) is 21.8 Å². The molecule has 1 aromatic carbocycles. The number of aromatic nitrogens is 3. The van der Waals surface area contributed by atoms with E-state index in [0.717, 1.165) is 13.0 Å². The van der Waals surface area contributed by atoms with Crippen LogP contribution in [0.3, 0.4) is 0 Å². The van der Waals surface area contributed by atoms with Gasteiger partial charge in [-0.1, -0.05) is 22.9 Å². The van der Waals surface area contributed by atoms with Crippen molar-refractivity contribution in [2.75, 3.05) is 0 Å². The fraction of sp³-hybridized carbons (Fsp3) is 0.333. The van der Waals surface area contributed by atoms with E-state index in [1.165, 1.54) is 6.07 Å². The van der Waals surface area contributed by atoms with Gasteiger partial charge in [-0.2, -0.15) is 0 Å². The Morgan fingerprint density at radius 1 is 1.39 bits per heavy atom. The summed E-state index contributed by atoms with van der Waals surface area (Å²) < 4.78 is 16.5. The highest BCUT2D eigenvalue weighted by molar-refractivity contribution is 9.10. The molecule has 6 heteroatoms. The first-order valence-corrected chi connectivity index (χ1v) is 6.93. The quantitative estimate of drug-likeness (QED) is 0.792. The largest absolute Gasteiger partial charge is 0.310 e. The van der Waals surface area contributed by atoms with E-state index in [1.54, 1.807) is 12.1 Å².